The minimum Gasteiger partial charge on any atom is -0.461 e. The number of hydrogen-bond donors (Lipinski definition) is 6. The summed E-state index contributed by atoms with van der Waals surface area (Å²) in [6, 6.07) is 2.83. The van der Waals surface area contributed by atoms with E-state index < -0.39 is 73.6 Å². The molecule has 11 nitrogen and oxygen atoms in total. The van der Waals surface area contributed by atoms with Crippen LogP contribution >= 0.6 is 0 Å². The first-order chi connectivity index (χ1) is 13.2. The SMILES string of the molecule is CC1OC(OCC2OC(C(=O)c3ccco3)C(O)C(O)C2O)C(O)C(O)C1O. The number of Topliss-reactive ketones (excluding diaryl/α,β-unsaturated/α-hetero) is 1. The van der Waals surface area contributed by atoms with Crippen molar-refractivity contribution in [3.63, 3.8) is 0 Å². The Morgan fingerprint density at radius 3 is 2.29 bits per heavy atom. The number of ketones is 1. The molecule has 0 aromatic carbocycles. The van der Waals surface area contributed by atoms with Gasteiger partial charge in [0.1, 0.15) is 42.7 Å². The molecular weight excluding hydrogens is 380 g/mol. The maximum atomic E-state index is 12.4. The fourth-order valence-electron chi connectivity index (χ4n) is 3.20. The number of ether oxygens (including phenoxy) is 3. The van der Waals surface area contributed by atoms with Crippen LogP contribution in [0.15, 0.2) is 22.8 Å². The lowest BCUT2D eigenvalue weighted by molar-refractivity contribution is -0.306. The minimum atomic E-state index is -1.70. The summed E-state index contributed by atoms with van der Waals surface area (Å²) in [5.41, 5.74) is 0. The van der Waals surface area contributed by atoms with Crippen molar-refractivity contribution in [2.24, 2.45) is 0 Å². The van der Waals surface area contributed by atoms with Crippen LogP contribution in [0.2, 0.25) is 0 Å². The van der Waals surface area contributed by atoms with Crippen molar-refractivity contribution < 1.29 is 54.1 Å². The molecule has 0 bridgehead atoms. The molecule has 3 rings (SSSR count). The Hall–Kier alpha value is -1.41. The van der Waals surface area contributed by atoms with Crippen molar-refractivity contribution in [3.05, 3.63) is 24.2 Å². The maximum Gasteiger partial charge on any atom is 0.229 e. The van der Waals surface area contributed by atoms with Gasteiger partial charge in [-0.15, -0.1) is 0 Å². The highest BCUT2D eigenvalue weighted by molar-refractivity contribution is 5.97. The van der Waals surface area contributed by atoms with Gasteiger partial charge in [-0.2, -0.15) is 0 Å². The number of aliphatic hydroxyl groups excluding tert-OH is 6. The van der Waals surface area contributed by atoms with E-state index in [1.165, 1.54) is 25.3 Å². The lowest BCUT2D eigenvalue weighted by Gasteiger charge is -2.42. The van der Waals surface area contributed by atoms with Crippen molar-refractivity contribution in [3.8, 4) is 0 Å². The molecule has 2 fully saturated rings. The molecule has 28 heavy (non-hydrogen) atoms. The molecule has 158 valence electrons. The van der Waals surface area contributed by atoms with E-state index in [0.717, 1.165) is 0 Å². The zero-order chi connectivity index (χ0) is 20.6. The summed E-state index contributed by atoms with van der Waals surface area (Å²) < 4.78 is 21.0. The zero-order valence-electron chi connectivity index (χ0n) is 14.9. The Labute approximate surface area is 159 Å². The van der Waals surface area contributed by atoms with Gasteiger partial charge in [0.2, 0.25) is 5.78 Å². The van der Waals surface area contributed by atoms with Crippen LogP contribution < -0.4 is 0 Å². The third-order valence-corrected chi connectivity index (χ3v) is 4.97. The summed E-state index contributed by atoms with van der Waals surface area (Å²) in [5, 5.41) is 59.7. The van der Waals surface area contributed by atoms with E-state index in [4.69, 9.17) is 18.6 Å². The van der Waals surface area contributed by atoms with Gasteiger partial charge in [0.15, 0.2) is 18.2 Å². The van der Waals surface area contributed by atoms with Crippen molar-refractivity contribution in [2.45, 2.75) is 68.1 Å². The van der Waals surface area contributed by atoms with Gasteiger partial charge in [-0.05, 0) is 19.1 Å². The molecule has 10 unspecified atom stereocenters. The monoisotopic (exact) mass is 404 g/mol. The van der Waals surface area contributed by atoms with Gasteiger partial charge in [0, 0.05) is 0 Å². The second-order valence-electron chi connectivity index (χ2n) is 6.92. The molecule has 2 saturated heterocycles. The molecule has 1 aromatic heterocycles. The second-order valence-corrected chi connectivity index (χ2v) is 6.92. The molecule has 1 aromatic rings. The predicted molar refractivity (Wildman–Crippen MR) is 88.0 cm³/mol. The van der Waals surface area contributed by atoms with Crippen LogP contribution in [-0.2, 0) is 14.2 Å². The molecule has 0 radical (unpaired) electrons. The van der Waals surface area contributed by atoms with Crippen molar-refractivity contribution in [2.75, 3.05) is 6.61 Å². The summed E-state index contributed by atoms with van der Waals surface area (Å²) in [5.74, 6) is -0.821. The van der Waals surface area contributed by atoms with Crippen LogP contribution in [0.25, 0.3) is 0 Å². The van der Waals surface area contributed by atoms with Crippen LogP contribution in [0, 0.1) is 0 Å². The van der Waals surface area contributed by atoms with Crippen LogP contribution in [0.5, 0.6) is 0 Å². The summed E-state index contributed by atoms with van der Waals surface area (Å²) in [4.78, 5) is 12.4. The Bertz CT molecular complexity index is 650. The smallest absolute Gasteiger partial charge is 0.229 e. The molecule has 2 aliphatic heterocycles. The van der Waals surface area contributed by atoms with Gasteiger partial charge in [-0.3, -0.25) is 4.79 Å². The van der Waals surface area contributed by atoms with Gasteiger partial charge in [-0.25, -0.2) is 0 Å². The van der Waals surface area contributed by atoms with Crippen LogP contribution in [0.3, 0.4) is 0 Å². The van der Waals surface area contributed by atoms with Gasteiger partial charge in [-0.1, -0.05) is 0 Å². The Kier molecular flexibility index (Phi) is 6.49. The summed E-state index contributed by atoms with van der Waals surface area (Å²) >= 11 is 0. The second kappa shape index (κ2) is 8.53. The van der Waals surface area contributed by atoms with E-state index in [0.29, 0.717) is 0 Å². The third kappa shape index (κ3) is 3.99. The average molecular weight is 404 g/mol. The normalized spacial score (nSPS) is 44.4. The average Bonchev–Trinajstić information content (AvgIpc) is 3.22. The molecule has 0 amide bonds. The Morgan fingerprint density at radius 1 is 0.964 bits per heavy atom. The first-order valence-electron chi connectivity index (χ1n) is 8.81. The fourth-order valence-corrected chi connectivity index (χ4v) is 3.20. The van der Waals surface area contributed by atoms with Crippen molar-refractivity contribution >= 4 is 5.78 Å². The van der Waals surface area contributed by atoms with Crippen molar-refractivity contribution in [1.82, 2.24) is 0 Å². The lowest BCUT2D eigenvalue weighted by Crippen LogP contribution is -2.62. The number of rotatable bonds is 5. The first kappa shape index (κ1) is 21.3. The van der Waals surface area contributed by atoms with Gasteiger partial charge in [0.05, 0.1) is 19.0 Å². The molecule has 0 aliphatic carbocycles. The Morgan fingerprint density at radius 2 is 1.64 bits per heavy atom. The van der Waals surface area contributed by atoms with Crippen LogP contribution in [0.4, 0.5) is 0 Å². The number of aliphatic hydroxyl groups is 6. The van der Waals surface area contributed by atoms with Gasteiger partial charge >= 0.3 is 0 Å². The molecule has 3 heterocycles. The summed E-state index contributed by atoms with van der Waals surface area (Å²) in [7, 11) is 0. The van der Waals surface area contributed by atoms with E-state index in [2.05, 4.69) is 0 Å². The topological polar surface area (TPSA) is 179 Å². The van der Waals surface area contributed by atoms with Crippen LogP contribution in [0.1, 0.15) is 17.5 Å². The maximum absolute atomic E-state index is 12.4. The summed E-state index contributed by atoms with van der Waals surface area (Å²) in [6.07, 6.45) is -13.0. The van der Waals surface area contributed by atoms with E-state index in [1.54, 1.807) is 0 Å². The molecular formula is C17H24O11. The lowest BCUT2D eigenvalue weighted by atomic mass is 9.92. The zero-order valence-corrected chi connectivity index (χ0v) is 14.9. The van der Waals surface area contributed by atoms with E-state index in [9.17, 15) is 35.4 Å². The minimum absolute atomic E-state index is 0.0933. The fraction of sp³-hybridized carbons (Fsp3) is 0.706. The molecule has 11 heteroatoms. The standard InChI is InChI=1S/C17H24O11/c1-6-9(18)12(21)15(24)17(27-6)26-5-8-10(19)13(22)14(23)16(28-8)11(20)7-3-2-4-25-7/h2-4,6,8-10,12-19,21-24H,5H2,1H3. The Balaban J connectivity index is 1.66. The highest BCUT2D eigenvalue weighted by Gasteiger charge is 2.48. The molecule has 6 N–H and O–H groups in total. The number of carbonyl (C=O) groups excluding carboxylic acids is 1. The first-order valence-corrected chi connectivity index (χ1v) is 8.81. The quantitative estimate of drug-likeness (QED) is 0.278. The molecule has 0 spiro atoms. The van der Waals surface area contributed by atoms with Crippen LogP contribution in [-0.4, -0.2) is 104 Å². The molecule has 10 atom stereocenters. The van der Waals surface area contributed by atoms with E-state index in [1.807, 2.05) is 0 Å². The summed E-state index contributed by atoms with van der Waals surface area (Å²) in [6.45, 7) is 1.03. The predicted octanol–water partition coefficient (Wildman–Crippen LogP) is -2.84. The molecule has 0 saturated carbocycles. The highest BCUT2D eigenvalue weighted by atomic mass is 16.7. The number of hydrogen-bond acceptors (Lipinski definition) is 11. The van der Waals surface area contributed by atoms with Crippen molar-refractivity contribution in [1.29, 1.82) is 0 Å². The number of carbonyl (C=O) groups is 1. The molecule has 2 aliphatic rings. The van der Waals surface area contributed by atoms with E-state index >= 15 is 0 Å². The van der Waals surface area contributed by atoms with Gasteiger partial charge in [0.25, 0.3) is 0 Å². The van der Waals surface area contributed by atoms with E-state index in [-0.39, 0.29) is 5.76 Å². The third-order valence-electron chi connectivity index (χ3n) is 4.97. The largest absolute Gasteiger partial charge is 0.461 e. The van der Waals surface area contributed by atoms with Gasteiger partial charge < -0.3 is 49.3 Å². The number of furan rings is 1. The highest BCUT2D eigenvalue weighted by Crippen LogP contribution is 2.26.